The van der Waals surface area contributed by atoms with E-state index < -0.39 is 11.4 Å². The summed E-state index contributed by atoms with van der Waals surface area (Å²) in [6.07, 6.45) is 5.08. The molecule has 1 amide bonds. The van der Waals surface area contributed by atoms with Gasteiger partial charge in [-0.05, 0) is 87.4 Å². The van der Waals surface area contributed by atoms with Crippen LogP contribution in [0.1, 0.15) is 59.3 Å². The Morgan fingerprint density at radius 2 is 1.80 bits per heavy atom. The van der Waals surface area contributed by atoms with Crippen LogP contribution in [0.25, 0.3) is 10.9 Å². The van der Waals surface area contributed by atoms with E-state index in [1.54, 1.807) is 6.07 Å². The lowest BCUT2D eigenvalue weighted by Gasteiger charge is -2.42. The number of piperidine rings is 1. The van der Waals surface area contributed by atoms with Crippen LogP contribution < -0.4 is 9.64 Å². The summed E-state index contributed by atoms with van der Waals surface area (Å²) in [6.45, 7) is 10.0. The second-order valence-electron chi connectivity index (χ2n) is 13.1. The number of fused-ring (bicyclic) bond motifs is 3. The molecule has 1 aliphatic carbocycles. The second kappa shape index (κ2) is 10.5. The van der Waals surface area contributed by atoms with Gasteiger partial charge in [0.2, 0.25) is 0 Å². The Morgan fingerprint density at radius 1 is 1.12 bits per heavy atom. The number of rotatable bonds is 6. The summed E-state index contributed by atoms with van der Waals surface area (Å²) < 4.78 is 27.6. The third-order valence-corrected chi connectivity index (χ3v) is 9.30. The molecule has 1 saturated carbocycles. The van der Waals surface area contributed by atoms with Crippen molar-refractivity contribution in [1.29, 1.82) is 0 Å². The highest BCUT2D eigenvalue weighted by Gasteiger charge is 2.46. The van der Waals surface area contributed by atoms with Gasteiger partial charge in [-0.2, -0.15) is 9.97 Å². The molecular formula is C29H39BrFN5O4. The Bertz CT molecular complexity index is 1260. The molecule has 1 aromatic carbocycles. The zero-order valence-electron chi connectivity index (χ0n) is 23.5. The van der Waals surface area contributed by atoms with Crippen molar-refractivity contribution < 1.29 is 23.8 Å². The van der Waals surface area contributed by atoms with Gasteiger partial charge in [-0.15, -0.1) is 0 Å². The zero-order chi connectivity index (χ0) is 28.2. The SMILES string of the molecule is CC(C)(C)OC(=O)N1C2CCC1CN(c1nc(OCC3(CN4CCC(O)CC4)CC3)nc3c(F)c(Br)ccc13)C2. The number of anilines is 1. The monoisotopic (exact) mass is 619 g/mol. The van der Waals surface area contributed by atoms with Gasteiger partial charge in [-0.1, -0.05) is 0 Å². The molecule has 4 fully saturated rings. The van der Waals surface area contributed by atoms with E-state index in [2.05, 4.69) is 30.7 Å². The van der Waals surface area contributed by atoms with Crippen molar-refractivity contribution >= 4 is 38.7 Å². The van der Waals surface area contributed by atoms with Crippen molar-refractivity contribution in [2.24, 2.45) is 5.41 Å². The normalized spacial score (nSPS) is 24.9. The average molecular weight is 621 g/mol. The molecular weight excluding hydrogens is 581 g/mol. The van der Waals surface area contributed by atoms with Crippen LogP contribution in [0.4, 0.5) is 15.0 Å². The number of ether oxygens (including phenoxy) is 2. The van der Waals surface area contributed by atoms with Gasteiger partial charge in [-0.25, -0.2) is 9.18 Å². The first-order valence-corrected chi connectivity index (χ1v) is 15.2. The molecule has 2 atom stereocenters. The molecule has 11 heteroatoms. The van der Waals surface area contributed by atoms with Crippen molar-refractivity contribution in [1.82, 2.24) is 19.8 Å². The number of amides is 1. The number of aliphatic hydroxyl groups excluding tert-OH is 1. The molecule has 1 aromatic heterocycles. The van der Waals surface area contributed by atoms with E-state index in [1.807, 2.05) is 31.7 Å². The van der Waals surface area contributed by atoms with Gasteiger partial charge in [0.25, 0.3) is 0 Å². The molecule has 2 aromatic rings. The summed E-state index contributed by atoms with van der Waals surface area (Å²) in [5.41, 5.74) is -0.275. The summed E-state index contributed by atoms with van der Waals surface area (Å²) in [4.78, 5) is 28.8. The Hall–Kier alpha value is -2.24. The summed E-state index contributed by atoms with van der Waals surface area (Å²) >= 11 is 3.31. The van der Waals surface area contributed by atoms with Gasteiger partial charge in [0, 0.05) is 43.5 Å². The Morgan fingerprint density at radius 3 is 2.42 bits per heavy atom. The van der Waals surface area contributed by atoms with E-state index in [-0.39, 0.29) is 41.2 Å². The third kappa shape index (κ3) is 5.74. The molecule has 6 rings (SSSR count). The van der Waals surface area contributed by atoms with Gasteiger partial charge < -0.3 is 24.4 Å². The highest BCUT2D eigenvalue weighted by Crippen LogP contribution is 2.47. The maximum atomic E-state index is 15.3. The van der Waals surface area contributed by atoms with Gasteiger partial charge in [0.05, 0.1) is 29.3 Å². The first-order valence-electron chi connectivity index (χ1n) is 14.5. The number of likely N-dealkylation sites (tertiary alicyclic amines) is 1. The highest BCUT2D eigenvalue weighted by molar-refractivity contribution is 9.10. The number of carbonyl (C=O) groups excluding carboxylic acids is 1. The van der Waals surface area contributed by atoms with Crippen molar-refractivity contribution in [3.63, 3.8) is 0 Å². The third-order valence-electron chi connectivity index (χ3n) is 8.69. The lowest BCUT2D eigenvalue weighted by atomic mass is 10.0. The molecule has 2 unspecified atom stereocenters. The molecule has 1 N–H and O–H groups in total. The number of halogens is 2. The standard InChI is InChI=1S/C29H39BrFN5O4/c1-28(2,3)40-27(38)36-18-4-5-19(36)15-35(14-18)25-21-6-7-22(30)23(31)24(21)32-26(33-25)39-17-29(10-11-29)16-34-12-8-20(37)9-13-34/h6-7,18-20,37H,4-5,8-17H2,1-3H3. The molecule has 3 saturated heterocycles. The largest absolute Gasteiger partial charge is 0.463 e. The number of carbonyl (C=O) groups is 1. The smallest absolute Gasteiger partial charge is 0.410 e. The van der Waals surface area contributed by atoms with Crippen molar-refractivity contribution in [3.05, 3.63) is 22.4 Å². The van der Waals surface area contributed by atoms with E-state index in [1.165, 1.54) is 0 Å². The fourth-order valence-electron chi connectivity index (χ4n) is 6.39. The minimum atomic E-state index is -0.554. The molecule has 218 valence electrons. The predicted molar refractivity (Wildman–Crippen MR) is 153 cm³/mol. The maximum Gasteiger partial charge on any atom is 0.410 e. The summed E-state index contributed by atoms with van der Waals surface area (Å²) in [6, 6.07) is 3.71. The molecule has 2 bridgehead atoms. The van der Waals surface area contributed by atoms with Crippen LogP contribution in [0, 0.1) is 11.2 Å². The van der Waals surface area contributed by atoms with Gasteiger partial charge in [-0.3, -0.25) is 4.90 Å². The minimum absolute atomic E-state index is 0.000994. The number of benzene rings is 1. The molecule has 4 aliphatic rings. The fraction of sp³-hybridized carbons (Fsp3) is 0.690. The van der Waals surface area contributed by atoms with Crippen molar-refractivity contribution in [2.45, 2.75) is 83.1 Å². The number of piperazine rings is 1. The predicted octanol–water partition coefficient (Wildman–Crippen LogP) is 4.74. The van der Waals surface area contributed by atoms with E-state index in [0.29, 0.717) is 35.4 Å². The van der Waals surface area contributed by atoms with E-state index in [9.17, 15) is 9.90 Å². The second-order valence-corrected chi connectivity index (χ2v) is 13.9. The van der Waals surface area contributed by atoms with Crippen LogP contribution in [-0.4, -0.2) is 94.1 Å². The van der Waals surface area contributed by atoms with E-state index in [4.69, 9.17) is 14.5 Å². The van der Waals surface area contributed by atoms with Crippen LogP contribution >= 0.6 is 15.9 Å². The maximum absolute atomic E-state index is 15.3. The number of hydrogen-bond acceptors (Lipinski definition) is 8. The molecule has 0 spiro atoms. The Kier molecular flexibility index (Phi) is 7.36. The van der Waals surface area contributed by atoms with Crippen LogP contribution in [0.15, 0.2) is 16.6 Å². The summed E-state index contributed by atoms with van der Waals surface area (Å²) in [5, 5.41) is 10.5. The van der Waals surface area contributed by atoms with Crippen LogP contribution in [0.2, 0.25) is 0 Å². The lowest BCUT2D eigenvalue weighted by Crippen LogP contribution is -2.57. The number of hydrogen-bond donors (Lipinski definition) is 1. The first kappa shape index (κ1) is 27.9. The van der Waals surface area contributed by atoms with Gasteiger partial charge in [0.1, 0.15) is 16.9 Å². The van der Waals surface area contributed by atoms with Gasteiger partial charge >= 0.3 is 12.1 Å². The molecule has 40 heavy (non-hydrogen) atoms. The van der Waals surface area contributed by atoms with Crippen LogP contribution in [-0.2, 0) is 4.74 Å². The fourth-order valence-corrected chi connectivity index (χ4v) is 6.71. The first-order chi connectivity index (χ1) is 19.0. The quantitative estimate of drug-likeness (QED) is 0.496. The average Bonchev–Trinajstić information content (AvgIpc) is 3.61. The summed E-state index contributed by atoms with van der Waals surface area (Å²) in [7, 11) is 0. The van der Waals surface area contributed by atoms with E-state index >= 15 is 4.39 Å². The molecule has 9 nitrogen and oxygen atoms in total. The van der Waals surface area contributed by atoms with Crippen molar-refractivity contribution in [2.75, 3.05) is 44.2 Å². The number of aromatic nitrogens is 2. The number of aliphatic hydroxyl groups is 1. The minimum Gasteiger partial charge on any atom is -0.463 e. The molecule has 0 radical (unpaired) electrons. The van der Waals surface area contributed by atoms with Crippen LogP contribution in [0.5, 0.6) is 6.01 Å². The lowest BCUT2D eigenvalue weighted by molar-refractivity contribution is 0.0122. The molecule has 3 aliphatic heterocycles. The number of nitrogens with zero attached hydrogens (tertiary/aromatic N) is 5. The topological polar surface area (TPSA) is 91.3 Å². The van der Waals surface area contributed by atoms with Gasteiger partial charge in [0.15, 0.2) is 5.82 Å². The van der Waals surface area contributed by atoms with Crippen LogP contribution in [0.3, 0.4) is 0 Å². The van der Waals surface area contributed by atoms with Crippen molar-refractivity contribution in [3.8, 4) is 6.01 Å². The highest BCUT2D eigenvalue weighted by atomic mass is 79.9. The summed E-state index contributed by atoms with van der Waals surface area (Å²) in [5.74, 6) is 0.205. The Labute approximate surface area is 243 Å². The molecule has 4 heterocycles. The zero-order valence-corrected chi connectivity index (χ0v) is 25.1. The van der Waals surface area contributed by atoms with E-state index in [0.717, 1.165) is 58.2 Å². The Balaban J connectivity index is 1.22.